The topological polar surface area (TPSA) is 65.1 Å². The monoisotopic (exact) mass is 346 g/mol. The van der Waals surface area contributed by atoms with Crippen molar-refractivity contribution < 1.29 is 14.3 Å². The molecule has 0 atom stereocenters. The minimum atomic E-state index is -1.03. The van der Waals surface area contributed by atoms with E-state index in [0.717, 1.165) is 22.0 Å². The van der Waals surface area contributed by atoms with Crippen LogP contribution in [0.25, 0.3) is 22.0 Å². The molecule has 0 fully saturated rings. The summed E-state index contributed by atoms with van der Waals surface area (Å²) in [7, 11) is 0. The summed E-state index contributed by atoms with van der Waals surface area (Å²) in [6.45, 7) is 0. The molecule has 128 valence electrons. The molecule has 0 aliphatic rings. The fourth-order valence-electron chi connectivity index (χ4n) is 3.03. The van der Waals surface area contributed by atoms with Gasteiger partial charge in [-0.3, -0.25) is 0 Å². The van der Waals surface area contributed by atoms with E-state index >= 15 is 0 Å². The Labute approximate surface area is 148 Å². The molecule has 0 saturated heterocycles. The Bertz CT molecular complexity index is 1100. The predicted molar refractivity (Wildman–Crippen MR) is 100 cm³/mol. The standard InChI is InChI=1S/C21H15FN2O2/c22-14-5-7-15(8-6-14)24-20-12-13(4-9-18(20)21(25)26)16-2-1-3-19-17(16)10-11-23-19/h1-12,23-24H,(H,25,26). The molecule has 1 heterocycles. The number of H-pyrrole nitrogens is 1. The molecule has 3 N–H and O–H groups in total. The van der Waals surface area contributed by atoms with Crippen molar-refractivity contribution in [3.05, 3.63) is 84.3 Å². The van der Waals surface area contributed by atoms with Crippen LogP contribution in [0.5, 0.6) is 0 Å². The second-order valence-electron chi connectivity index (χ2n) is 5.94. The Morgan fingerprint density at radius 1 is 1.00 bits per heavy atom. The lowest BCUT2D eigenvalue weighted by molar-refractivity contribution is 0.0698. The second-order valence-corrected chi connectivity index (χ2v) is 5.94. The van der Waals surface area contributed by atoms with Gasteiger partial charge in [-0.25, -0.2) is 9.18 Å². The van der Waals surface area contributed by atoms with Crippen LogP contribution in [0, 0.1) is 5.82 Å². The van der Waals surface area contributed by atoms with Gasteiger partial charge in [-0.05, 0) is 59.7 Å². The van der Waals surface area contributed by atoms with Crippen LogP contribution >= 0.6 is 0 Å². The van der Waals surface area contributed by atoms with E-state index in [1.165, 1.54) is 12.1 Å². The second kappa shape index (κ2) is 6.37. The van der Waals surface area contributed by atoms with Crippen molar-refractivity contribution in [2.24, 2.45) is 0 Å². The Morgan fingerprint density at radius 2 is 1.81 bits per heavy atom. The van der Waals surface area contributed by atoms with E-state index in [1.807, 2.05) is 30.5 Å². The first-order valence-electron chi connectivity index (χ1n) is 8.08. The molecule has 0 amide bonds. The average Bonchev–Trinajstić information content (AvgIpc) is 3.12. The quantitative estimate of drug-likeness (QED) is 0.462. The van der Waals surface area contributed by atoms with E-state index in [2.05, 4.69) is 10.3 Å². The number of aromatic amines is 1. The summed E-state index contributed by atoms with van der Waals surface area (Å²) in [5.74, 6) is -1.37. The number of carboxylic acid groups (broad SMARTS) is 1. The van der Waals surface area contributed by atoms with Crippen LogP contribution in [-0.2, 0) is 0 Å². The smallest absolute Gasteiger partial charge is 0.337 e. The zero-order valence-corrected chi connectivity index (χ0v) is 13.7. The Morgan fingerprint density at radius 3 is 2.58 bits per heavy atom. The van der Waals surface area contributed by atoms with E-state index in [4.69, 9.17) is 0 Å². The molecule has 4 rings (SSSR count). The highest BCUT2D eigenvalue weighted by atomic mass is 19.1. The van der Waals surface area contributed by atoms with Gasteiger partial charge in [0.05, 0.1) is 11.3 Å². The third-order valence-electron chi connectivity index (χ3n) is 4.28. The summed E-state index contributed by atoms with van der Waals surface area (Å²) < 4.78 is 13.1. The molecule has 0 saturated carbocycles. The Balaban J connectivity index is 1.81. The largest absolute Gasteiger partial charge is 0.478 e. The van der Waals surface area contributed by atoms with Crippen LogP contribution in [0.4, 0.5) is 15.8 Å². The van der Waals surface area contributed by atoms with Crippen molar-refractivity contribution in [1.82, 2.24) is 4.98 Å². The molecule has 0 radical (unpaired) electrons. The number of carbonyl (C=O) groups is 1. The molecule has 3 aromatic carbocycles. The number of benzene rings is 3. The SMILES string of the molecule is O=C(O)c1ccc(-c2cccc3[nH]ccc23)cc1Nc1ccc(F)cc1. The Hall–Kier alpha value is -3.60. The highest BCUT2D eigenvalue weighted by Crippen LogP contribution is 2.32. The molecular formula is C21H15FN2O2. The summed E-state index contributed by atoms with van der Waals surface area (Å²) in [5, 5.41) is 13.6. The fourth-order valence-corrected chi connectivity index (χ4v) is 3.03. The molecule has 26 heavy (non-hydrogen) atoms. The van der Waals surface area contributed by atoms with E-state index in [0.29, 0.717) is 11.4 Å². The first-order valence-corrected chi connectivity index (χ1v) is 8.08. The van der Waals surface area contributed by atoms with Gasteiger partial charge in [-0.1, -0.05) is 18.2 Å². The predicted octanol–water partition coefficient (Wildman–Crippen LogP) is 5.42. The zero-order valence-electron chi connectivity index (χ0n) is 13.7. The van der Waals surface area contributed by atoms with Crippen LogP contribution in [0.1, 0.15) is 10.4 Å². The molecular weight excluding hydrogens is 331 g/mol. The lowest BCUT2D eigenvalue weighted by Crippen LogP contribution is -2.03. The molecule has 0 unspecified atom stereocenters. The van der Waals surface area contributed by atoms with Gasteiger partial charge in [0.15, 0.2) is 0 Å². The van der Waals surface area contributed by atoms with Crippen molar-refractivity contribution >= 4 is 28.2 Å². The average molecular weight is 346 g/mol. The van der Waals surface area contributed by atoms with Gasteiger partial charge in [0.2, 0.25) is 0 Å². The normalized spacial score (nSPS) is 10.8. The van der Waals surface area contributed by atoms with Crippen molar-refractivity contribution in [2.45, 2.75) is 0 Å². The summed E-state index contributed by atoms with van der Waals surface area (Å²) in [5.41, 5.74) is 4.13. The number of rotatable bonds is 4. The third kappa shape index (κ3) is 2.91. The number of aromatic nitrogens is 1. The molecule has 1 aromatic heterocycles. The highest BCUT2D eigenvalue weighted by molar-refractivity contribution is 5.99. The number of nitrogens with one attached hydrogen (secondary N) is 2. The van der Waals surface area contributed by atoms with Crippen molar-refractivity contribution in [2.75, 3.05) is 5.32 Å². The molecule has 0 bridgehead atoms. The summed E-state index contributed by atoms with van der Waals surface area (Å²) in [6, 6.07) is 18.9. The molecule has 5 heteroatoms. The number of halogens is 1. The maximum atomic E-state index is 13.1. The first-order chi connectivity index (χ1) is 12.6. The van der Waals surface area contributed by atoms with Crippen LogP contribution < -0.4 is 5.32 Å². The van der Waals surface area contributed by atoms with Gasteiger partial charge < -0.3 is 15.4 Å². The summed E-state index contributed by atoms with van der Waals surface area (Å²) in [6.07, 6.45) is 1.87. The molecule has 0 aliphatic heterocycles. The van der Waals surface area contributed by atoms with Crippen LogP contribution in [0.15, 0.2) is 72.9 Å². The van der Waals surface area contributed by atoms with Gasteiger partial charge in [0.1, 0.15) is 5.82 Å². The van der Waals surface area contributed by atoms with E-state index in [1.54, 1.807) is 30.3 Å². The Kier molecular flexibility index (Phi) is 3.89. The van der Waals surface area contributed by atoms with Crippen molar-refractivity contribution in [3.8, 4) is 11.1 Å². The molecule has 4 nitrogen and oxygen atoms in total. The van der Waals surface area contributed by atoms with E-state index in [9.17, 15) is 14.3 Å². The molecule has 0 aliphatic carbocycles. The number of aromatic carboxylic acids is 1. The van der Waals surface area contributed by atoms with Crippen LogP contribution in [0.3, 0.4) is 0 Å². The fraction of sp³-hybridized carbons (Fsp3) is 0. The van der Waals surface area contributed by atoms with Gasteiger partial charge in [-0.2, -0.15) is 0 Å². The maximum Gasteiger partial charge on any atom is 0.337 e. The lowest BCUT2D eigenvalue weighted by Gasteiger charge is -2.13. The molecule has 0 spiro atoms. The lowest BCUT2D eigenvalue weighted by atomic mass is 9.99. The summed E-state index contributed by atoms with van der Waals surface area (Å²) in [4.78, 5) is 14.8. The maximum absolute atomic E-state index is 13.1. The number of fused-ring (bicyclic) bond motifs is 1. The highest BCUT2D eigenvalue weighted by Gasteiger charge is 2.13. The number of hydrogen-bond acceptors (Lipinski definition) is 2. The van der Waals surface area contributed by atoms with Gasteiger partial charge in [0, 0.05) is 22.8 Å². The van der Waals surface area contributed by atoms with Gasteiger partial charge >= 0.3 is 5.97 Å². The number of carboxylic acids is 1. The summed E-state index contributed by atoms with van der Waals surface area (Å²) >= 11 is 0. The van der Waals surface area contributed by atoms with Crippen LogP contribution in [-0.4, -0.2) is 16.1 Å². The van der Waals surface area contributed by atoms with E-state index < -0.39 is 5.97 Å². The number of anilines is 2. The van der Waals surface area contributed by atoms with Gasteiger partial charge in [0.25, 0.3) is 0 Å². The van der Waals surface area contributed by atoms with Crippen molar-refractivity contribution in [1.29, 1.82) is 0 Å². The minimum absolute atomic E-state index is 0.152. The first kappa shape index (κ1) is 15.9. The zero-order chi connectivity index (χ0) is 18.1. The third-order valence-corrected chi connectivity index (χ3v) is 4.28. The van der Waals surface area contributed by atoms with E-state index in [-0.39, 0.29) is 11.4 Å². The van der Waals surface area contributed by atoms with Gasteiger partial charge in [-0.15, -0.1) is 0 Å². The van der Waals surface area contributed by atoms with Crippen LogP contribution in [0.2, 0.25) is 0 Å². The minimum Gasteiger partial charge on any atom is -0.478 e. The van der Waals surface area contributed by atoms with Crippen molar-refractivity contribution in [3.63, 3.8) is 0 Å². The molecule has 4 aromatic rings. The number of hydrogen-bond donors (Lipinski definition) is 3.